The van der Waals surface area contributed by atoms with Crippen LogP contribution in [0.5, 0.6) is 11.5 Å². The SMILES string of the molecule is Cc1ccc(S(=O)(=O)N(C)c2ccc(C(=O)N(C)Cc3ccc4c(c3)OCO4)cc2)cc1. The Morgan fingerprint density at radius 3 is 2.25 bits per heavy atom. The lowest BCUT2D eigenvalue weighted by molar-refractivity contribution is 0.0785. The zero-order valence-corrected chi connectivity index (χ0v) is 18.9. The van der Waals surface area contributed by atoms with E-state index in [1.807, 2.05) is 25.1 Å². The number of aryl methyl sites for hydroxylation is 1. The van der Waals surface area contributed by atoms with Crippen LogP contribution in [-0.4, -0.2) is 40.1 Å². The van der Waals surface area contributed by atoms with Gasteiger partial charge in [-0.2, -0.15) is 0 Å². The number of carbonyl (C=O) groups is 1. The number of hydrogen-bond donors (Lipinski definition) is 0. The summed E-state index contributed by atoms with van der Waals surface area (Å²) in [6, 6.07) is 18.8. The third-order valence-electron chi connectivity index (χ3n) is 5.36. The molecule has 1 aliphatic heterocycles. The summed E-state index contributed by atoms with van der Waals surface area (Å²) in [5.41, 5.74) is 2.85. The minimum absolute atomic E-state index is 0.168. The normalized spacial score (nSPS) is 12.5. The molecule has 0 N–H and O–H groups in total. The highest BCUT2D eigenvalue weighted by atomic mass is 32.2. The van der Waals surface area contributed by atoms with Crippen LogP contribution in [-0.2, 0) is 16.6 Å². The van der Waals surface area contributed by atoms with Crippen molar-refractivity contribution in [3.63, 3.8) is 0 Å². The molecular weight excluding hydrogens is 428 g/mol. The highest BCUT2D eigenvalue weighted by Gasteiger charge is 2.22. The summed E-state index contributed by atoms with van der Waals surface area (Å²) in [7, 11) is -0.473. The monoisotopic (exact) mass is 452 g/mol. The molecule has 0 saturated heterocycles. The summed E-state index contributed by atoms with van der Waals surface area (Å²) >= 11 is 0. The van der Waals surface area contributed by atoms with Crippen molar-refractivity contribution in [2.24, 2.45) is 0 Å². The fourth-order valence-corrected chi connectivity index (χ4v) is 4.62. The zero-order valence-electron chi connectivity index (χ0n) is 18.1. The number of ether oxygens (including phenoxy) is 2. The molecule has 1 heterocycles. The van der Waals surface area contributed by atoms with Gasteiger partial charge in [0.1, 0.15) is 0 Å². The number of nitrogens with zero attached hydrogens (tertiary/aromatic N) is 2. The van der Waals surface area contributed by atoms with E-state index in [4.69, 9.17) is 9.47 Å². The van der Waals surface area contributed by atoms with Crippen LogP contribution in [0.3, 0.4) is 0 Å². The van der Waals surface area contributed by atoms with Gasteiger partial charge in [0, 0.05) is 26.2 Å². The molecule has 0 saturated carbocycles. The maximum Gasteiger partial charge on any atom is 0.264 e. The predicted molar refractivity (Wildman–Crippen MR) is 122 cm³/mol. The molecule has 1 amide bonds. The van der Waals surface area contributed by atoms with Gasteiger partial charge in [0.25, 0.3) is 15.9 Å². The Hall–Kier alpha value is -3.52. The van der Waals surface area contributed by atoms with Crippen LogP contribution in [0.1, 0.15) is 21.5 Å². The first-order valence-electron chi connectivity index (χ1n) is 10.1. The Balaban J connectivity index is 1.46. The van der Waals surface area contributed by atoms with E-state index in [1.54, 1.807) is 60.5 Å². The maximum atomic E-state index is 12.9. The average Bonchev–Trinajstić information content (AvgIpc) is 3.26. The molecule has 166 valence electrons. The second kappa shape index (κ2) is 8.55. The number of amides is 1. The van der Waals surface area contributed by atoms with Crippen molar-refractivity contribution in [3.05, 3.63) is 83.4 Å². The first-order valence-corrected chi connectivity index (χ1v) is 11.5. The minimum atomic E-state index is -3.69. The molecule has 4 rings (SSSR count). The molecule has 32 heavy (non-hydrogen) atoms. The van der Waals surface area contributed by atoms with E-state index in [2.05, 4.69) is 0 Å². The Bertz CT molecular complexity index is 1240. The number of hydrogen-bond acceptors (Lipinski definition) is 5. The van der Waals surface area contributed by atoms with Gasteiger partial charge in [-0.05, 0) is 61.0 Å². The molecule has 0 aromatic heterocycles. The van der Waals surface area contributed by atoms with Gasteiger partial charge < -0.3 is 14.4 Å². The van der Waals surface area contributed by atoms with Crippen molar-refractivity contribution in [1.82, 2.24) is 4.90 Å². The molecule has 0 atom stereocenters. The largest absolute Gasteiger partial charge is 0.454 e. The van der Waals surface area contributed by atoms with Crippen molar-refractivity contribution in [3.8, 4) is 11.5 Å². The van der Waals surface area contributed by atoms with E-state index >= 15 is 0 Å². The number of sulfonamides is 1. The Morgan fingerprint density at radius 2 is 1.56 bits per heavy atom. The van der Waals surface area contributed by atoms with E-state index < -0.39 is 10.0 Å². The molecule has 1 aliphatic rings. The Labute approximate surface area is 187 Å². The molecule has 0 unspecified atom stereocenters. The van der Waals surface area contributed by atoms with E-state index in [9.17, 15) is 13.2 Å². The molecule has 0 aliphatic carbocycles. The summed E-state index contributed by atoms with van der Waals surface area (Å²) in [5, 5.41) is 0. The van der Waals surface area contributed by atoms with Crippen molar-refractivity contribution < 1.29 is 22.7 Å². The zero-order chi connectivity index (χ0) is 22.9. The van der Waals surface area contributed by atoms with Gasteiger partial charge in [0.15, 0.2) is 11.5 Å². The van der Waals surface area contributed by atoms with Crippen LogP contribution in [0.25, 0.3) is 0 Å². The molecule has 0 bridgehead atoms. The minimum Gasteiger partial charge on any atom is -0.454 e. The van der Waals surface area contributed by atoms with Crippen LogP contribution < -0.4 is 13.8 Å². The Kier molecular flexibility index (Phi) is 5.80. The van der Waals surface area contributed by atoms with Crippen LogP contribution >= 0.6 is 0 Å². The lowest BCUT2D eigenvalue weighted by Crippen LogP contribution is -2.27. The number of benzene rings is 3. The third kappa shape index (κ3) is 4.27. The van der Waals surface area contributed by atoms with E-state index in [1.165, 1.54) is 11.4 Å². The summed E-state index contributed by atoms with van der Waals surface area (Å²) in [5.74, 6) is 1.20. The molecule has 0 fully saturated rings. The van der Waals surface area contributed by atoms with Crippen LogP contribution in [0.2, 0.25) is 0 Å². The van der Waals surface area contributed by atoms with Crippen molar-refractivity contribution in [2.75, 3.05) is 25.2 Å². The number of rotatable bonds is 6. The molecule has 0 spiro atoms. The van der Waals surface area contributed by atoms with Crippen LogP contribution in [0.15, 0.2) is 71.6 Å². The van der Waals surface area contributed by atoms with Crippen LogP contribution in [0, 0.1) is 6.92 Å². The standard InChI is InChI=1S/C24H24N2O5S/c1-17-4-11-21(12-5-17)32(28,29)26(3)20-9-7-19(8-10-20)24(27)25(2)15-18-6-13-22-23(14-18)31-16-30-22/h4-14H,15-16H2,1-3H3. The van der Waals surface area contributed by atoms with Crippen molar-refractivity contribution in [1.29, 1.82) is 0 Å². The van der Waals surface area contributed by atoms with Gasteiger partial charge >= 0.3 is 0 Å². The van der Waals surface area contributed by atoms with Crippen molar-refractivity contribution >= 4 is 21.6 Å². The molecule has 0 radical (unpaired) electrons. The first kappa shape index (κ1) is 21.7. The maximum absolute atomic E-state index is 12.9. The van der Waals surface area contributed by atoms with Gasteiger partial charge in [0.2, 0.25) is 6.79 Å². The quantitative estimate of drug-likeness (QED) is 0.568. The fraction of sp³-hybridized carbons (Fsp3) is 0.208. The van der Waals surface area contributed by atoms with Gasteiger partial charge in [-0.3, -0.25) is 9.10 Å². The molecule has 7 nitrogen and oxygen atoms in total. The summed E-state index contributed by atoms with van der Waals surface area (Å²) in [6.45, 7) is 2.51. The average molecular weight is 453 g/mol. The first-order chi connectivity index (χ1) is 15.3. The van der Waals surface area contributed by atoms with Gasteiger partial charge in [0.05, 0.1) is 10.6 Å². The lowest BCUT2D eigenvalue weighted by atomic mass is 10.1. The second-order valence-corrected chi connectivity index (χ2v) is 9.65. The lowest BCUT2D eigenvalue weighted by Gasteiger charge is -2.21. The van der Waals surface area contributed by atoms with Crippen molar-refractivity contribution in [2.45, 2.75) is 18.4 Å². The van der Waals surface area contributed by atoms with E-state index in [0.717, 1.165) is 11.1 Å². The highest BCUT2D eigenvalue weighted by Crippen LogP contribution is 2.33. The molecule has 3 aromatic carbocycles. The number of carbonyl (C=O) groups excluding carboxylic acids is 1. The summed E-state index contributed by atoms with van der Waals surface area (Å²) in [4.78, 5) is 14.7. The van der Waals surface area contributed by atoms with E-state index in [0.29, 0.717) is 29.3 Å². The van der Waals surface area contributed by atoms with Crippen LogP contribution in [0.4, 0.5) is 5.69 Å². The van der Waals surface area contributed by atoms with Gasteiger partial charge in [-0.25, -0.2) is 8.42 Å². The molecular formula is C24H24N2O5S. The van der Waals surface area contributed by atoms with Gasteiger partial charge in [-0.15, -0.1) is 0 Å². The number of anilines is 1. The van der Waals surface area contributed by atoms with E-state index in [-0.39, 0.29) is 17.6 Å². The van der Waals surface area contributed by atoms with Gasteiger partial charge in [-0.1, -0.05) is 23.8 Å². The highest BCUT2D eigenvalue weighted by molar-refractivity contribution is 7.92. The summed E-state index contributed by atoms with van der Waals surface area (Å²) in [6.07, 6.45) is 0. The predicted octanol–water partition coefficient (Wildman–Crippen LogP) is 3.82. The number of fused-ring (bicyclic) bond motifs is 1. The fourth-order valence-electron chi connectivity index (χ4n) is 3.43. The Morgan fingerprint density at radius 1 is 0.906 bits per heavy atom. The second-order valence-electron chi connectivity index (χ2n) is 7.68. The molecule has 3 aromatic rings. The smallest absolute Gasteiger partial charge is 0.264 e. The molecule has 8 heteroatoms. The third-order valence-corrected chi connectivity index (χ3v) is 7.16. The summed E-state index contributed by atoms with van der Waals surface area (Å²) < 4.78 is 37.7. The topological polar surface area (TPSA) is 76.2 Å².